The third-order valence-corrected chi connectivity index (χ3v) is 6.55. The van der Waals surface area contributed by atoms with Crippen molar-refractivity contribution in [1.82, 2.24) is 0 Å². The molecule has 21 heavy (non-hydrogen) atoms. The fraction of sp³-hybridized carbons (Fsp3) is 0.526. The fourth-order valence-corrected chi connectivity index (χ4v) is 5.30. The highest BCUT2D eigenvalue weighted by Crippen LogP contribution is 2.62. The molecule has 0 amide bonds. The Morgan fingerprint density at radius 1 is 1.33 bits per heavy atom. The van der Waals surface area contributed by atoms with Gasteiger partial charge in [-0.1, -0.05) is 25.1 Å². The van der Waals surface area contributed by atoms with Crippen LogP contribution in [-0.4, -0.2) is 10.9 Å². The molecular weight excluding hydrogens is 260 g/mol. The second-order valence-electron chi connectivity index (χ2n) is 7.37. The van der Waals surface area contributed by atoms with Crippen molar-refractivity contribution in [3.8, 4) is 5.75 Å². The first-order valence-electron chi connectivity index (χ1n) is 8.05. The Morgan fingerprint density at radius 3 is 2.95 bits per heavy atom. The van der Waals surface area contributed by atoms with E-state index in [-0.39, 0.29) is 16.9 Å². The highest BCUT2D eigenvalue weighted by Gasteiger charge is 2.53. The van der Waals surface area contributed by atoms with Gasteiger partial charge in [0.2, 0.25) is 0 Å². The maximum absolute atomic E-state index is 12.5. The van der Waals surface area contributed by atoms with Crippen LogP contribution in [0.1, 0.15) is 60.9 Å². The molecule has 1 N–H and O–H groups in total. The van der Waals surface area contributed by atoms with Crippen molar-refractivity contribution in [2.75, 3.05) is 0 Å². The van der Waals surface area contributed by atoms with Gasteiger partial charge < -0.3 is 5.11 Å². The lowest BCUT2D eigenvalue weighted by atomic mass is 9.55. The molecule has 3 aliphatic carbocycles. The van der Waals surface area contributed by atoms with Crippen molar-refractivity contribution in [2.45, 2.75) is 44.9 Å². The lowest BCUT2D eigenvalue weighted by Gasteiger charge is -2.49. The molecule has 0 saturated heterocycles. The minimum Gasteiger partial charge on any atom is -0.508 e. The number of fused-ring (bicyclic) bond motifs is 5. The van der Waals surface area contributed by atoms with Gasteiger partial charge in [-0.3, -0.25) is 4.79 Å². The van der Waals surface area contributed by atoms with E-state index in [1.807, 2.05) is 6.07 Å². The van der Waals surface area contributed by atoms with Crippen molar-refractivity contribution in [3.05, 3.63) is 41.5 Å². The Hall–Kier alpha value is -1.57. The predicted octanol–water partition coefficient (Wildman–Crippen LogP) is 4.44. The quantitative estimate of drug-likeness (QED) is 0.714. The summed E-state index contributed by atoms with van der Waals surface area (Å²) in [6, 6.07) is 5.37. The number of phenolic OH excluding ortho intramolecular Hbond substituents is 1. The summed E-state index contributed by atoms with van der Waals surface area (Å²) < 4.78 is 0. The SMILES string of the molecule is C=C1CCC2C3CC(=O)c4cc(O)ccc4C3CCC12C. The number of carbonyl (C=O) groups excluding carboxylic acids is 1. The Labute approximate surface area is 125 Å². The van der Waals surface area contributed by atoms with Gasteiger partial charge in [0.15, 0.2) is 5.78 Å². The van der Waals surface area contributed by atoms with Crippen LogP contribution in [0.15, 0.2) is 30.4 Å². The molecule has 2 fully saturated rings. The van der Waals surface area contributed by atoms with Crippen molar-refractivity contribution in [2.24, 2.45) is 17.3 Å². The van der Waals surface area contributed by atoms with Crippen LogP contribution in [-0.2, 0) is 0 Å². The number of benzene rings is 1. The summed E-state index contributed by atoms with van der Waals surface area (Å²) in [5.41, 5.74) is 3.58. The summed E-state index contributed by atoms with van der Waals surface area (Å²) in [4.78, 5) is 12.5. The Morgan fingerprint density at radius 2 is 2.14 bits per heavy atom. The molecule has 0 bridgehead atoms. The molecule has 1 aromatic carbocycles. The number of Topliss-reactive ketones (excluding diaryl/α,β-unsaturated/α-hetero) is 1. The van der Waals surface area contributed by atoms with Gasteiger partial charge in [-0.2, -0.15) is 0 Å². The summed E-state index contributed by atoms with van der Waals surface area (Å²) in [7, 11) is 0. The van der Waals surface area contributed by atoms with Crippen molar-refractivity contribution in [3.63, 3.8) is 0 Å². The van der Waals surface area contributed by atoms with Crippen molar-refractivity contribution < 1.29 is 9.90 Å². The summed E-state index contributed by atoms with van der Waals surface area (Å²) in [6.45, 7) is 6.67. The van der Waals surface area contributed by atoms with E-state index in [4.69, 9.17) is 0 Å². The van der Waals surface area contributed by atoms with Gasteiger partial charge in [-0.05, 0) is 66.5 Å². The number of rotatable bonds is 0. The molecule has 4 unspecified atom stereocenters. The second-order valence-corrected chi connectivity index (χ2v) is 7.37. The molecule has 2 heteroatoms. The molecule has 2 saturated carbocycles. The van der Waals surface area contributed by atoms with Crippen LogP contribution in [0.5, 0.6) is 5.75 Å². The number of ketones is 1. The van der Waals surface area contributed by atoms with Crippen LogP contribution in [0.25, 0.3) is 0 Å². The lowest BCUT2D eigenvalue weighted by molar-refractivity contribution is 0.0654. The van der Waals surface area contributed by atoms with Crippen LogP contribution in [0.4, 0.5) is 0 Å². The van der Waals surface area contributed by atoms with Crippen molar-refractivity contribution >= 4 is 5.78 Å². The summed E-state index contributed by atoms with van der Waals surface area (Å²) in [5.74, 6) is 1.98. The third-order valence-electron chi connectivity index (χ3n) is 6.55. The second kappa shape index (κ2) is 4.22. The van der Waals surface area contributed by atoms with Crippen LogP contribution < -0.4 is 0 Å². The number of carbonyl (C=O) groups is 1. The van der Waals surface area contributed by atoms with E-state index in [0.29, 0.717) is 24.2 Å². The molecule has 3 aliphatic rings. The summed E-state index contributed by atoms with van der Waals surface area (Å²) >= 11 is 0. The average molecular weight is 282 g/mol. The van der Waals surface area contributed by atoms with Gasteiger partial charge in [-0.25, -0.2) is 0 Å². The van der Waals surface area contributed by atoms with E-state index in [1.54, 1.807) is 12.1 Å². The molecule has 1 aromatic rings. The van der Waals surface area contributed by atoms with Crippen LogP contribution in [0, 0.1) is 17.3 Å². The molecule has 0 aliphatic heterocycles. The standard InChI is InChI=1S/C19H22O2/c1-11-3-6-17-15-10-18(21)16-9-12(20)4-5-13(16)14(15)7-8-19(11,17)2/h4-5,9,14-15,17,20H,1,3,6-8,10H2,2H3. The van der Waals surface area contributed by atoms with Gasteiger partial charge in [-0.15, -0.1) is 0 Å². The summed E-state index contributed by atoms with van der Waals surface area (Å²) in [6.07, 6.45) is 5.29. The van der Waals surface area contributed by atoms with E-state index in [2.05, 4.69) is 13.5 Å². The minimum atomic E-state index is 0.204. The molecule has 0 radical (unpaired) electrons. The van der Waals surface area contributed by atoms with E-state index < -0.39 is 0 Å². The predicted molar refractivity (Wildman–Crippen MR) is 82.5 cm³/mol. The Balaban J connectivity index is 1.78. The topological polar surface area (TPSA) is 37.3 Å². The number of hydrogen-bond donors (Lipinski definition) is 1. The zero-order chi connectivity index (χ0) is 14.8. The maximum Gasteiger partial charge on any atom is 0.163 e. The number of allylic oxidation sites excluding steroid dienone is 1. The number of phenols is 1. The summed E-state index contributed by atoms with van der Waals surface area (Å²) in [5, 5.41) is 9.66. The first-order chi connectivity index (χ1) is 10.0. The van der Waals surface area contributed by atoms with Gasteiger partial charge in [0.25, 0.3) is 0 Å². The maximum atomic E-state index is 12.5. The van der Waals surface area contributed by atoms with Crippen LogP contribution in [0.2, 0.25) is 0 Å². The van der Waals surface area contributed by atoms with Gasteiger partial charge >= 0.3 is 0 Å². The number of aromatic hydroxyl groups is 1. The van der Waals surface area contributed by atoms with Gasteiger partial charge in [0.05, 0.1) is 0 Å². The Kier molecular flexibility index (Phi) is 2.64. The van der Waals surface area contributed by atoms with Gasteiger partial charge in [0.1, 0.15) is 5.75 Å². The molecule has 0 heterocycles. The lowest BCUT2D eigenvalue weighted by Crippen LogP contribution is -2.41. The van der Waals surface area contributed by atoms with E-state index in [1.165, 1.54) is 24.0 Å². The molecule has 4 atom stereocenters. The highest BCUT2D eigenvalue weighted by atomic mass is 16.3. The molecule has 0 spiro atoms. The van der Waals surface area contributed by atoms with E-state index in [9.17, 15) is 9.90 Å². The zero-order valence-electron chi connectivity index (χ0n) is 12.6. The molecule has 4 rings (SSSR count). The smallest absolute Gasteiger partial charge is 0.163 e. The zero-order valence-corrected chi connectivity index (χ0v) is 12.6. The Bertz CT molecular complexity index is 645. The molecular formula is C19H22O2. The molecule has 0 aromatic heterocycles. The van der Waals surface area contributed by atoms with Gasteiger partial charge in [0, 0.05) is 12.0 Å². The highest BCUT2D eigenvalue weighted by molar-refractivity contribution is 5.99. The molecule has 2 nitrogen and oxygen atoms in total. The average Bonchev–Trinajstić information content (AvgIpc) is 2.76. The fourth-order valence-electron chi connectivity index (χ4n) is 5.30. The normalized spacial score (nSPS) is 37.9. The molecule has 110 valence electrons. The van der Waals surface area contributed by atoms with E-state index in [0.717, 1.165) is 18.4 Å². The first-order valence-corrected chi connectivity index (χ1v) is 8.05. The first kappa shape index (κ1) is 13.1. The third kappa shape index (κ3) is 1.68. The van der Waals surface area contributed by atoms with Crippen molar-refractivity contribution in [1.29, 1.82) is 0 Å². The van der Waals surface area contributed by atoms with Crippen LogP contribution >= 0.6 is 0 Å². The van der Waals surface area contributed by atoms with E-state index >= 15 is 0 Å². The number of hydrogen-bond acceptors (Lipinski definition) is 2. The largest absolute Gasteiger partial charge is 0.508 e. The monoisotopic (exact) mass is 282 g/mol. The minimum absolute atomic E-state index is 0.204. The van der Waals surface area contributed by atoms with Crippen LogP contribution in [0.3, 0.4) is 0 Å².